The van der Waals surface area contributed by atoms with E-state index in [1.165, 1.54) is 16.9 Å². The molecule has 162 valence electrons. The fraction of sp³-hybridized carbons (Fsp3) is 0.0714. The molecule has 33 heavy (non-hydrogen) atoms. The molecule has 5 heteroatoms. The highest BCUT2D eigenvalue weighted by atomic mass is 32.1. The molecular formula is C28H22N2O2S. The molecule has 0 spiro atoms. The Bertz CT molecular complexity index is 1450. The summed E-state index contributed by atoms with van der Waals surface area (Å²) >= 11 is 1.34. The minimum atomic E-state index is -0.0862. The van der Waals surface area contributed by atoms with Crippen LogP contribution in [0.3, 0.4) is 0 Å². The number of carbonyl (C=O) groups excluding carboxylic acids is 1. The molecule has 0 amide bonds. The number of carbonyl (C=O) groups is 1. The summed E-state index contributed by atoms with van der Waals surface area (Å²) in [6, 6.07) is 27.4. The van der Waals surface area contributed by atoms with Crippen molar-refractivity contribution in [3.63, 3.8) is 0 Å². The highest BCUT2D eigenvalue weighted by Crippen LogP contribution is 2.42. The Kier molecular flexibility index (Phi) is 5.40. The molecule has 0 radical (unpaired) electrons. The van der Waals surface area contributed by atoms with Crippen LogP contribution in [0.1, 0.15) is 20.8 Å². The van der Waals surface area contributed by atoms with Crippen LogP contribution in [0.15, 0.2) is 84.9 Å². The maximum atomic E-state index is 13.2. The molecular weight excluding hydrogens is 428 g/mol. The third-order valence-electron chi connectivity index (χ3n) is 5.69. The molecule has 0 aliphatic carbocycles. The Morgan fingerprint density at radius 1 is 0.909 bits per heavy atom. The van der Waals surface area contributed by atoms with Crippen LogP contribution in [-0.4, -0.2) is 17.9 Å². The van der Waals surface area contributed by atoms with Crippen molar-refractivity contribution in [3.05, 3.63) is 101 Å². The minimum absolute atomic E-state index is 0.0862. The van der Waals surface area contributed by atoms with Gasteiger partial charge in [-0.15, -0.1) is 11.3 Å². The van der Waals surface area contributed by atoms with E-state index < -0.39 is 0 Å². The average molecular weight is 451 g/mol. The fourth-order valence-electron chi connectivity index (χ4n) is 3.88. The molecule has 5 rings (SSSR count). The van der Waals surface area contributed by atoms with Gasteiger partial charge in [-0.3, -0.25) is 4.79 Å². The number of ether oxygens (including phenoxy) is 1. The molecule has 5 aromatic rings. The van der Waals surface area contributed by atoms with Crippen molar-refractivity contribution in [1.29, 1.82) is 0 Å². The molecule has 3 aromatic carbocycles. The lowest BCUT2D eigenvalue weighted by molar-refractivity contribution is 0.104. The summed E-state index contributed by atoms with van der Waals surface area (Å²) in [6.07, 6.45) is 0. The van der Waals surface area contributed by atoms with Gasteiger partial charge < -0.3 is 10.5 Å². The van der Waals surface area contributed by atoms with Gasteiger partial charge >= 0.3 is 0 Å². The third-order valence-corrected chi connectivity index (χ3v) is 6.79. The van der Waals surface area contributed by atoms with Crippen LogP contribution < -0.4 is 10.5 Å². The van der Waals surface area contributed by atoms with Crippen LogP contribution in [0.25, 0.3) is 32.6 Å². The largest absolute Gasteiger partial charge is 0.497 e. The summed E-state index contributed by atoms with van der Waals surface area (Å²) in [7, 11) is 1.65. The number of aryl methyl sites for hydroxylation is 1. The Balaban J connectivity index is 1.74. The first kappa shape index (κ1) is 20.9. The summed E-state index contributed by atoms with van der Waals surface area (Å²) in [5, 5.41) is 0.820. The normalized spacial score (nSPS) is 11.0. The van der Waals surface area contributed by atoms with E-state index >= 15 is 0 Å². The van der Waals surface area contributed by atoms with Crippen molar-refractivity contribution in [3.8, 4) is 28.1 Å². The number of hydrogen-bond acceptors (Lipinski definition) is 5. The molecule has 0 saturated heterocycles. The lowest BCUT2D eigenvalue weighted by Crippen LogP contribution is -2.01. The number of aromatic nitrogens is 1. The number of methoxy groups -OCH3 is 1. The highest BCUT2D eigenvalue weighted by molar-refractivity contribution is 7.21. The van der Waals surface area contributed by atoms with Crippen molar-refractivity contribution >= 4 is 33.0 Å². The van der Waals surface area contributed by atoms with Crippen molar-refractivity contribution in [2.45, 2.75) is 6.92 Å². The van der Waals surface area contributed by atoms with Gasteiger partial charge in [0.05, 0.1) is 18.5 Å². The molecule has 0 aliphatic rings. The van der Waals surface area contributed by atoms with Gasteiger partial charge in [-0.2, -0.15) is 0 Å². The van der Waals surface area contributed by atoms with Crippen LogP contribution in [0.5, 0.6) is 5.75 Å². The van der Waals surface area contributed by atoms with Crippen LogP contribution in [0.2, 0.25) is 0 Å². The number of anilines is 1. The molecule has 0 bridgehead atoms. The van der Waals surface area contributed by atoms with Gasteiger partial charge in [-0.05, 0) is 48.4 Å². The van der Waals surface area contributed by atoms with E-state index in [2.05, 4.69) is 37.3 Å². The maximum Gasteiger partial charge on any atom is 0.205 e. The van der Waals surface area contributed by atoms with Gasteiger partial charge in [0, 0.05) is 16.5 Å². The molecule has 0 unspecified atom stereocenters. The number of fused-ring (bicyclic) bond motifs is 1. The molecule has 0 aliphatic heterocycles. The molecule has 2 heterocycles. The van der Waals surface area contributed by atoms with E-state index in [4.69, 9.17) is 15.5 Å². The van der Waals surface area contributed by atoms with Crippen molar-refractivity contribution in [2.75, 3.05) is 12.8 Å². The van der Waals surface area contributed by atoms with Gasteiger partial charge in [0.2, 0.25) is 5.78 Å². The zero-order valence-corrected chi connectivity index (χ0v) is 19.1. The quantitative estimate of drug-likeness (QED) is 0.300. The van der Waals surface area contributed by atoms with E-state index in [0.29, 0.717) is 16.1 Å². The number of pyridine rings is 1. The second-order valence-corrected chi connectivity index (χ2v) is 8.87. The topological polar surface area (TPSA) is 65.2 Å². The molecule has 2 aromatic heterocycles. The zero-order valence-electron chi connectivity index (χ0n) is 18.3. The Labute approximate surface area is 196 Å². The summed E-state index contributed by atoms with van der Waals surface area (Å²) in [5.41, 5.74) is 12.7. The Hall–Kier alpha value is -3.96. The molecule has 0 saturated carbocycles. The number of hydrogen-bond donors (Lipinski definition) is 1. The molecule has 2 N–H and O–H groups in total. The van der Waals surface area contributed by atoms with Crippen LogP contribution in [0, 0.1) is 6.92 Å². The van der Waals surface area contributed by atoms with Gasteiger partial charge in [0.25, 0.3) is 0 Å². The number of nitrogen functional groups attached to an aromatic ring is 1. The van der Waals surface area contributed by atoms with Gasteiger partial charge in [-0.25, -0.2) is 4.98 Å². The fourth-order valence-corrected chi connectivity index (χ4v) is 4.96. The molecule has 0 fully saturated rings. The first-order chi connectivity index (χ1) is 16.0. The minimum Gasteiger partial charge on any atom is -0.497 e. The average Bonchev–Trinajstić information content (AvgIpc) is 3.20. The first-order valence-electron chi connectivity index (χ1n) is 10.6. The Morgan fingerprint density at radius 3 is 2.24 bits per heavy atom. The van der Waals surface area contributed by atoms with E-state index in [0.717, 1.165) is 38.4 Å². The number of nitrogens with two attached hydrogens (primary N) is 1. The smallest absolute Gasteiger partial charge is 0.205 e. The zero-order chi connectivity index (χ0) is 22.9. The number of benzene rings is 3. The predicted molar refractivity (Wildman–Crippen MR) is 136 cm³/mol. The monoisotopic (exact) mass is 450 g/mol. The van der Waals surface area contributed by atoms with E-state index in [-0.39, 0.29) is 5.78 Å². The van der Waals surface area contributed by atoms with Crippen LogP contribution in [0.4, 0.5) is 5.69 Å². The predicted octanol–water partition coefficient (Wildman–Crippen LogP) is 6.76. The number of rotatable bonds is 5. The third kappa shape index (κ3) is 3.88. The summed E-state index contributed by atoms with van der Waals surface area (Å²) in [5.74, 6) is 0.701. The lowest BCUT2D eigenvalue weighted by Gasteiger charge is -2.10. The molecule has 4 nitrogen and oxygen atoms in total. The van der Waals surface area contributed by atoms with Gasteiger partial charge in [0.1, 0.15) is 15.5 Å². The number of ketones is 1. The summed E-state index contributed by atoms with van der Waals surface area (Å²) in [4.78, 5) is 19.4. The van der Waals surface area contributed by atoms with E-state index in [1.54, 1.807) is 7.11 Å². The summed E-state index contributed by atoms with van der Waals surface area (Å²) in [6.45, 7) is 2.06. The molecule has 0 atom stereocenters. The van der Waals surface area contributed by atoms with Gasteiger partial charge in [0.15, 0.2) is 0 Å². The second kappa shape index (κ2) is 8.52. The second-order valence-electron chi connectivity index (χ2n) is 7.87. The number of nitrogens with zero attached hydrogens (tertiary/aromatic N) is 1. The van der Waals surface area contributed by atoms with E-state index in [1.807, 2.05) is 54.6 Å². The maximum absolute atomic E-state index is 13.2. The highest BCUT2D eigenvalue weighted by Gasteiger charge is 2.22. The van der Waals surface area contributed by atoms with Crippen LogP contribution in [-0.2, 0) is 0 Å². The SMILES string of the molecule is COc1ccc(-c2cc(-c3ccc(C)cc3)c3c(N)c(C(=O)c4ccccc4)sc3n2)cc1. The van der Waals surface area contributed by atoms with E-state index in [9.17, 15) is 4.79 Å². The van der Waals surface area contributed by atoms with Crippen molar-refractivity contribution in [2.24, 2.45) is 0 Å². The summed E-state index contributed by atoms with van der Waals surface area (Å²) < 4.78 is 5.29. The van der Waals surface area contributed by atoms with Crippen LogP contribution >= 0.6 is 11.3 Å². The standard InChI is InChI=1S/C28H22N2O2S/c1-17-8-10-18(11-9-17)22-16-23(19-12-14-21(32-2)15-13-19)30-28-24(22)25(29)27(33-28)26(31)20-6-4-3-5-7-20/h3-16H,29H2,1-2H3. The number of thiophene rings is 1. The Morgan fingerprint density at radius 2 is 1.58 bits per heavy atom. The van der Waals surface area contributed by atoms with Crippen molar-refractivity contribution in [1.82, 2.24) is 4.98 Å². The first-order valence-corrected chi connectivity index (χ1v) is 11.4. The lowest BCUT2D eigenvalue weighted by atomic mass is 9.98. The van der Waals surface area contributed by atoms with Gasteiger partial charge in [-0.1, -0.05) is 60.2 Å². The van der Waals surface area contributed by atoms with Crippen molar-refractivity contribution < 1.29 is 9.53 Å².